The van der Waals surface area contributed by atoms with E-state index in [1.165, 1.54) is 12.1 Å². The molecule has 110 valence electrons. The number of non-ortho nitro benzene ring substituents is 1. The molecule has 0 saturated carbocycles. The summed E-state index contributed by atoms with van der Waals surface area (Å²) in [6.07, 6.45) is 1.76. The molecular weight excluding hydrogens is 298 g/mol. The average Bonchev–Trinajstić information content (AvgIpc) is 2.89. The summed E-state index contributed by atoms with van der Waals surface area (Å²) in [5.41, 5.74) is 1.18. The van der Waals surface area contributed by atoms with Gasteiger partial charge in [0.15, 0.2) is 0 Å². The van der Waals surface area contributed by atoms with Crippen LogP contribution in [-0.2, 0) is 0 Å². The van der Waals surface area contributed by atoms with E-state index in [-0.39, 0.29) is 5.69 Å². The SMILES string of the molecule is Cc1ccc(Sc2ccc([N+](=O)[O-])cc2)n1-c1ccccn1. The third kappa shape index (κ3) is 2.87. The fourth-order valence-corrected chi connectivity index (χ4v) is 3.11. The molecule has 0 amide bonds. The van der Waals surface area contributed by atoms with Crippen LogP contribution in [0, 0.1) is 17.0 Å². The second kappa shape index (κ2) is 6.03. The highest BCUT2D eigenvalue weighted by Crippen LogP contribution is 2.32. The van der Waals surface area contributed by atoms with Crippen molar-refractivity contribution >= 4 is 17.4 Å². The van der Waals surface area contributed by atoms with E-state index in [9.17, 15) is 10.1 Å². The lowest BCUT2D eigenvalue weighted by molar-refractivity contribution is -0.384. The predicted octanol–water partition coefficient (Wildman–Crippen LogP) is 4.24. The first-order valence-corrected chi connectivity index (χ1v) is 7.49. The number of hydrogen-bond donors (Lipinski definition) is 0. The van der Waals surface area contributed by atoms with E-state index >= 15 is 0 Å². The standard InChI is InChI=1S/C16H13N3O2S/c1-12-5-10-16(18(12)15-4-2-3-11-17-15)22-14-8-6-13(7-9-14)19(20)21/h2-11H,1H3. The summed E-state index contributed by atoms with van der Waals surface area (Å²) < 4.78 is 2.06. The van der Waals surface area contributed by atoms with Crippen LogP contribution in [0.3, 0.4) is 0 Å². The summed E-state index contributed by atoms with van der Waals surface area (Å²) in [5, 5.41) is 11.7. The highest BCUT2D eigenvalue weighted by Gasteiger charge is 2.11. The van der Waals surface area contributed by atoms with Crippen molar-refractivity contribution < 1.29 is 4.92 Å². The fourth-order valence-electron chi connectivity index (χ4n) is 2.13. The second-order valence-electron chi connectivity index (χ2n) is 4.69. The summed E-state index contributed by atoms with van der Waals surface area (Å²) >= 11 is 1.55. The number of pyridine rings is 1. The third-order valence-electron chi connectivity index (χ3n) is 3.19. The Bertz CT molecular complexity index is 798. The first-order valence-electron chi connectivity index (χ1n) is 6.67. The van der Waals surface area contributed by atoms with Gasteiger partial charge in [-0.25, -0.2) is 4.98 Å². The minimum atomic E-state index is -0.394. The number of hydrogen-bond acceptors (Lipinski definition) is 4. The fraction of sp³-hybridized carbons (Fsp3) is 0.0625. The minimum Gasteiger partial charge on any atom is -0.293 e. The Morgan fingerprint density at radius 3 is 2.50 bits per heavy atom. The predicted molar refractivity (Wildman–Crippen MR) is 85.5 cm³/mol. The van der Waals surface area contributed by atoms with Gasteiger partial charge >= 0.3 is 0 Å². The van der Waals surface area contributed by atoms with Crippen LogP contribution in [0.4, 0.5) is 5.69 Å². The van der Waals surface area contributed by atoms with Gasteiger partial charge < -0.3 is 0 Å². The Balaban J connectivity index is 1.92. The Hall–Kier alpha value is -2.60. The van der Waals surface area contributed by atoms with E-state index in [1.54, 1.807) is 30.1 Å². The Morgan fingerprint density at radius 1 is 1.09 bits per heavy atom. The lowest BCUT2D eigenvalue weighted by Crippen LogP contribution is -2.00. The minimum absolute atomic E-state index is 0.0978. The number of nitro benzene ring substituents is 1. The van der Waals surface area contributed by atoms with Gasteiger partial charge in [0.1, 0.15) is 5.82 Å². The molecule has 0 fully saturated rings. The molecule has 0 radical (unpaired) electrons. The summed E-state index contributed by atoms with van der Waals surface area (Å²) in [6, 6.07) is 16.4. The van der Waals surface area contributed by atoms with Crippen molar-refractivity contribution in [1.82, 2.24) is 9.55 Å². The van der Waals surface area contributed by atoms with E-state index in [4.69, 9.17) is 0 Å². The summed E-state index contributed by atoms with van der Waals surface area (Å²) in [5.74, 6) is 0.856. The molecule has 0 atom stereocenters. The second-order valence-corrected chi connectivity index (χ2v) is 5.78. The molecule has 3 aromatic rings. The molecule has 0 bridgehead atoms. The van der Waals surface area contributed by atoms with Gasteiger partial charge in [0, 0.05) is 28.9 Å². The van der Waals surface area contributed by atoms with E-state index in [0.717, 1.165) is 21.4 Å². The van der Waals surface area contributed by atoms with E-state index in [1.807, 2.05) is 37.3 Å². The Morgan fingerprint density at radius 2 is 1.86 bits per heavy atom. The molecule has 0 N–H and O–H groups in total. The molecule has 3 rings (SSSR count). The van der Waals surface area contributed by atoms with Crippen LogP contribution in [-0.4, -0.2) is 14.5 Å². The summed E-state index contributed by atoms with van der Waals surface area (Å²) in [7, 11) is 0. The maximum absolute atomic E-state index is 10.7. The van der Waals surface area contributed by atoms with Crippen molar-refractivity contribution in [2.24, 2.45) is 0 Å². The first kappa shape index (κ1) is 14.3. The number of nitro groups is 1. The van der Waals surface area contributed by atoms with Gasteiger partial charge in [0.2, 0.25) is 0 Å². The van der Waals surface area contributed by atoms with Crippen LogP contribution in [0.2, 0.25) is 0 Å². The molecular formula is C16H13N3O2S. The van der Waals surface area contributed by atoms with Gasteiger partial charge in [-0.3, -0.25) is 14.7 Å². The lowest BCUT2D eigenvalue weighted by atomic mass is 10.3. The Kier molecular flexibility index (Phi) is 3.93. The van der Waals surface area contributed by atoms with Crippen molar-refractivity contribution in [3.8, 4) is 5.82 Å². The molecule has 2 heterocycles. The molecule has 6 heteroatoms. The van der Waals surface area contributed by atoms with Crippen LogP contribution in [0.15, 0.2) is 70.7 Å². The first-order chi connectivity index (χ1) is 10.6. The number of aromatic nitrogens is 2. The number of benzene rings is 1. The normalized spacial score (nSPS) is 10.6. The van der Waals surface area contributed by atoms with Gasteiger partial charge in [-0.1, -0.05) is 17.8 Å². The molecule has 2 aromatic heterocycles. The van der Waals surface area contributed by atoms with Crippen molar-refractivity contribution in [3.63, 3.8) is 0 Å². The summed E-state index contributed by atoms with van der Waals surface area (Å²) in [4.78, 5) is 15.6. The summed E-state index contributed by atoms with van der Waals surface area (Å²) in [6.45, 7) is 2.02. The van der Waals surface area contributed by atoms with Crippen molar-refractivity contribution in [3.05, 3.63) is 76.6 Å². The zero-order valence-electron chi connectivity index (χ0n) is 11.8. The molecule has 0 spiro atoms. The highest BCUT2D eigenvalue weighted by molar-refractivity contribution is 7.99. The molecule has 0 aliphatic carbocycles. The molecule has 22 heavy (non-hydrogen) atoms. The maximum atomic E-state index is 10.7. The van der Waals surface area contributed by atoms with E-state index < -0.39 is 4.92 Å². The molecule has 0 aliphatic heterocycles. The molecule has 0 saturated heterocycles. The lowest BCUT2D eigenvalue weighted by Gasteiger charge is -2.10. The van der Waals surface area contributed by atoms with Crippen molar-refractivity contribution in [1.29, 1.82) is 0 Å². The van der Waals surface area contributed by atoms with Gasteiger partial charge in [0.25, 0.3) is 5.69 Å². The maximum Gasteiger partial charge on any atom is 0.269 e. The molecule has 5 nitrogen and oxygen atoms in total. The number of aryl methyl sites for hydroxylation is 1. The third-order valence-corrected chi connectivity index (χ3v) is 4.22. The molecule has 0 aliphatic rings. The van der Waals surface area contributed by atoms with Crippen LogP contribution in [0.1, 0.15) is 5.69 Å². The smallest absolute Gasteiger partial charge is 0.269 e. The van der Waals surface area contributed by atoms with Gasteiger partial charge in [-0.05, 0) is 43.3 Å². The zero-order valence-corrected chi connectivity index (χ0v) is 12.7. The highest BCUT2D eigenvalue weighted by atomic mass is 32.2. The quantitative estimate of drug-likeness (QED) is 0.534. The van der Waals surface area contributed by atoms with E-state index in [0.29, 0.717) is 0 Å². The van der Waals surface area contributed by atoms with Crippen molar-refractivity contribution in [2.45, 2.75) is 16.8 Å². The number of nitrogens with zero attached hydrogens (tertiary/aromatic N) is 3. The topological polar surface area (TPSA) is 61.0 Å². The van der Waals surface area contributed by atoms with Crippen LogP contribution < -0.4 is 0 Å². The molecule has 1 aromatic carbocycles. The monoisotopic (exact) mass is 311 g/mol. The van der Waals surface area contributed by atoms with E-state index in [2.05, 4.69) is 9.55 Å². The molecule has 0 unspecified atom stereocenters. The van der Waals surface area contributed by atoms with Gasteiger partial charge in [-0.2, -0.15) is 0 Å². The Labute approximate surface area is 131 Å². The van der Waals surface area contributed by atoms with Gasteiger partial charge in [0.05, 0.1) is 9.95 Å². The van der Waals surface area contributed by atoms with Crippen molar-refractivity contribution in [2.75, 3.05) is 0 Å². The number of rotatable bonds is 4. The van der Waals surface area contributed by atoms with Crippen LogP contribution in [0.25, 0.3) is 5.82 Å². The van der Waals surface area contributed by atoms with Crippen LogP contribution >= 0.6 is 11.8 Å². The average molecular weight is 311 g/mol. The zero-order chi connectivity index (χ0) is 15.5. The van der Waals surface area contributed by atoms with Crippen LogP contribution in [0.5, 0.6) is 0 Å². The van der Waals surface area contributed by atoms with Gasteiger partial charge in [-0.15, -0.1) is 0 Å². The largest absolute Gasteiger partial charge is 0.293 e.